The summed E-state index contributed by atoms with van der Waals surface area (Å²) in [5.41, 5.74) is 0. The molecule has 2 unspecified atom stereocenters. The molecule has 1 aliphatic rings. The number of hydrogen-bond acceptors (Lipinski definition) is 3. The number of hydrogen-bond donors (Lipinski definition) is 2. The van der Waals surface area contributed by atoms with E-state index in [1.807, 2.05) is 6.92 Å². The van der Waals surface area contributed by atoms with E-state index in [-0.39, 0.29) is 11.9 Å². The lowest BCUT2D eigenvalue weighted by atomic mass is 10.1. The Morgan fingerprint density at radius 1 is 1.45 bits per heavy atom. The van der Waals surface area contributed by atoms with Crippen LogP contribution in [0, 0.1) is 0 Å². The Morgan fingerprint density at radius 3 is 2.80 bits per heavy atom. The molecule has 2 rings (SSSR count). The summed E-state index contributed by atoms with van der Waals surface area (Å²) >= 11 is 1.76. The minimum Gasteiger partial charge on any atom is -0.352 e. The van der Waals surface area contributed by atoms with Gasteiger partial charge in [0.25, 0.3) is 0 Å². The molecule has 0 spiro atoms. The fourth-order valence-corrected chi connectivity index (χ4v) is 3.68. The molecule has 1 saturated carbocycles. The Bertz CT molecular complexity index is 399. The van der Waals surface area contributed by atoms with Crippen LogP contribution in [-0.2, 0) is 4.79 Å². The number of thiophene rings is 1. The third-order valence-electron chi connectivity index (χ3n) is 4.01. The van der Waals surface area contributed by atoms with E-state index in [1.165, 1.54) is 17.7 Å². The van der Waals surface area contributed by atoms with Gasteiger partial charge in [0.2, 0.25) is 5.91 Å². The van der Waals surface area contributed by atoms with Gasteiger partial charge in [-0.3, -0.25) is 10.1 Å². The van der Waals surface area contributed by atoms with Gasteiger partial charge in [-0.05, 0) is 37.6 Å². The molecule has 2 N–H and O–H groups in total. The summed E-state index contributed by atoms with van der Waals surface area (Å²) in [7, 11) is 0. The molecule has 1 heterocycles. The van der Waals surface area contributed by atoms with Crippen molar-refractivity contribution in [2.75, 3.05) is 0 Å². The van der Waals surface area contributed by atoms with Crippen LogP contribution in [0.4, 0.5) is 0 Å². The Kier molecular flexibility index (Phi) is 6.05. The number of nitrogens with one attached hydrogen (secondary N) is 2. The molecule has 112 valence electrons. The maximum absolute atomic E-state index is 12.2. The Hall–Kier alpha value is -0.870. The van der Waals surface area contributed by atoms with E-state index in [0.29, 0.717) is 12.1 Å². The van der Waals surface area contributed by atoms with Gasteiger partial charge < -0.3 is 5.32 Å². The van der Waals surface area contributed by atoms with Gasteiger partial charge in [0.1, 0.15) is 0 Å². The van der Waals surface area contributed by atoms with E-state index in [9.17, 15) is 4.79 Å². The molecule has 0 saturated heterocycles. The lowest BCUT2D eigenvalue weighted by Crippen LogP contribution is -2.46. The topological polar surface area (TPSA) is 41.1 Å². The predicted octanol–water partition coefficient (Wildman–Crippen LogP) is 3.63. The third-order valence-corrected chi connectivity index (χ3v) is 5.00. The summed E-state index contributed by atoms with van der Waals surface area (Å²) in [6.45, 7) is 4.16. The highest BCUT2D eigenvalue weighted by molar-refractivity contribution is 7.10. The molecule has 1 aromatic heterocycles. The van der Waals surface area contributed by atoms with Crippen molar-refractivity contribution in [1.82, 2.24) is 10.6 Å². The highest BCUT2D eigenvalue weighted by Gasteiger charge is 2.23. The first-order valence-electron chi connectivity index (χ1n) is 7.80. The molecular weight excluding hydrogens is 268 g/mol. The maximum atomic E-state index is 12.2. The summed E-state index contributed by atoms with van der Waals surface area (Å²) in [4.78, 5) is 13.6. The van der Waals surface area contributed by atoms with E-state index >= 15 is 0 Å². The van der Waals surface area contributed by atoms with Crippen LogP contribution in [0.25, 0.3) is 0 Å². The van der Waals surface area contributed by atoms with Crippen molar-refractivity contribution in [3.63, 3.8) is 0 Å². The van der Waals surface area contributed by atoms with Gasteiger partial charge in [-0.2, -0.15) is 0 Å². The molecule has 0 aromatic carbocycles. The Labute approximate surface area is 126 Å². The first-order valence-corrected chi connectivity index (χ1v) is 8.68. The smallest absolute Gasteiger partial charge is 0.237 e. The number of amides is 1. The molecule has 4 heteroatoms. The zero-order valence-electron chi connectivity index (χ0n) is 12.5. The number of carbonyl (C=O) groups is 1. The lowest BCUT2D eigenvalue weighted by Gasteiger charge is -2.23. The van der Waals surface area contributed by atoms with Gasteiger partial charge in [0.15, 0.2) is 0 Å². The molecule has 3 nitrogen and oxygen atoms in total. The summed E-state index contributed by atoms with van der Waals surface area (Å²) < 4.78 is 0. The van der Waals surface area contributed by atoms with E-state index in [1.54, 1.807) is 11.3 Å². The molecule has 1 aliphatic carbocycles. The normalized spacial score (nSPS) is 18.9. The van der Waals surface area contributed by atoms with Crippen molar-refractivity contribution in [2.45, 2.75) is 70.5 Å². The molecule has 1 amide bonds. The standard InChI is InChI=1S/C16H26N2OS/c1-3-7-14(15-10-6-11-20-15)17-12(2)16(19)18-13-8-4-5-9-13/h6,10-14,17H,3-5,7-9H2,1-2H3,(H,18,19). The van der Waals surface area contributed by atoms with Gasteiger partial charge in [0, 0.05) is 17.0 Å². The molecule has 0 bridgehead atoms. The SMILES string of the molecule is CCCC(NC(C)C(=O)NC1CCCC1)c1cccs1. The zero-order chi connectivity index (χ0) is 14.4. The van der Waals surface area contributed by atoms with Crippen molar-refractivity contribution in [2.24, 2.45) is 0 Å². The van der Waals surface area contributed by atoms with Crippen LogP contribution in [-0.4, -0.2) is 18.0 Å². The number of carbonyl (C=O) groups excluding carboxylic acids is 1. The van der Waals surface area contributed by atoms with Crippen LogP contribution in [0.1, 0.15) is 63.3 Å². The van der Waals surface area contributed by atoms with Gasteiger partial charge in [-0.1, -0.05) is 32.3 Å². The molecular formula is C16H26N2OS. The van der Waals surface area contributed by atoms with Gasteiger partial charge >= 0.3 is 0 Å². The third kappa shape index (κ3) is 4.32. The molecule has 2 atom stereocenters. The van der Waals surface area contributed by atoms with Crippen molar-refractivity contribution < 1.29 is 4.79 Å². The van der Waals surface area contributed by atoms with E-state index < -0.39 is 0 Å². The van der Waals surface area contributed by atoms with Crippen LogP contribution >= 0.6 is 11.3 Å². The van der Waals surface area contributed by atoms with Crippen LogP contribution < -0.4 is 10.6 Å². The molecule has 1 aromatic rings. The highest BCUT2D eigenvalue weighted by atomic mass is 32.1. The second-order valence-electron chi connectivity index (χ2n) is 5.74. The van der Waals surface area contributed by atoms with Crippen LogP contribution in [0.15, 0.2) is 17.5 Å². The summed E-state index contributed by atoms with van der Waals surface area (Å²) in [6, 6.07) is 4.80. The van der Waals surface area contributed by atoms with E-state index in [0.717, 1.165) is 25.7 Å². The predicted molar refractivity (Wildman–Crippen MR) is 85.0 cm³/mol. The van der Waals surface area contributed by atoms with Gasteiger partial charge in [-0.15, -0.1) is 11.3 Å². The molecule has 0 aliphatic heterocycles. The second kappa shape index (κ2) is 7.79. The first-order chi connectivity index (χ1) is 9.70. The minimum absolute atomic E-state index is 0.130. The fourth-order valence-electron chi connectivity index (χ4n) is 2.86. The Morgan fingerprint density at radius 2 is 2.20 bits per heavy atom. The average Bonchev–Trinajstić information content (AvgIpc) is 3.11. The first kappa shape index (κ1) is 15.5. The van der Waals surface area contributed by atoms with Crippen molar-refractivity contribution in [3.05, 3.63) is 22.4 Å². The van der Waals surface area contributed by atoms with Gasteiger partial charge in [0.05, 0.1) is 6.04 Å². The molecule has 20 heavy (non-hydrogen) atoms. The number of rotatable bonds is 7. The van der Waals surface area contributed by atoms with Crippen LogP contribution in [0.3, 0.4) is 0 Å². The van der Waals surface area contributed by atoms with Gasteiger partial charge in [-0.25, -0.2) is 0 Å². The summed E-state index contributed by atoms with van der Waals surface area (Å²) in [5.74, 6) is 0.148. The van der Waals surface area contributed by atoms with Crippen molar-refractivity contribution in [3.8, 4) is 0 Å². The average molecular weight is 294 g/mol. The quantitative estimate of drug-likeness (QED) is 0.806. The fraction of sp³-hybridized carbons (Fsp3) is 0.688. The van der Waals surface area contributed by atoms with E-state index in [4.69, 9.17) is 0 Å². The molecule has 1 fully saturated rings. The van der Waals surface area contributed by atoms with Crippen molar-refractivity contribution in [1.29, 1.82) is 0 Å². The monoisotopic (exact) mass is 294 g/mol. The minimum atomic E-state index is -0.130. The maximum Gasteiger partial charge on any atom is 0.237 e. The summed E-state index contributed by atoms with van der Waals surface area (Å²) in [6.07, 6.45) is 6.97. The highest BCUT2D eigenvalue weighted by Crippen LogP contribution is 2.24. The van der Waals surface area contributed by atoms with Crippen LogP contribution in [0.2, 0.25) is 0 Å². The molecule has 0 radical (unpaired) electrons. The Balaban J connectivity index is 1.86. The van der Waals surface area contributed by atoms with Crippen molar-refractivity contribution >= 4 is 17.2 Å². The zero-order valence-corrected chi connectivity index (χ0v) is 13.3. The summed E-state index contributed by atoms with van der Waals surface area (Å²) in [5, 5.41) is 8.77. The van der Waals surface area contributed by atoms with E-state index in [2.05, 4.69) is 35.1 Å². The second-order valence-corrected chi connectivity index (χ2v) is 6.71. The largest absolute Gasteiger partial charge is 0.352 e. The lowest BCUT2D eigenvalue weighted by molar-refractivity contribution is -0.123. The van der Waals surface area contributed by atoms with Crippen LogP contribution in [0.5, 0.6) is 0 Å².